The van der Waals surface area contributed by atoms with Gasteiger partial charge in [0.2, 0.25) is 5.91 Å². The molecule has 2 rings (SSSR count). The molecule has 1 unspecified atom stereocenters. The SMILES string of the molecule is Cc1cc(N)ccc1C(=O)N1CCOCC1C(N)=O. The molecule has 2 amide bonds. The zero-order valence-corrected chi connectivity index (χ0v) is 10.8. The first-order chi connectivity index (χ1) is 9.00. The lowest BCUT2D eigenvalue weighted by Gasteiger charge is -2.33. The summed E-state index contributed by atoms with van der Waals surface area (Å²) in [6.07, 6.45) is 0. The van der Waals surface area contributed by atoms with Gasteiger partial charge in [0, 0.05) is 17.8 Å². The van der Waals surface area contributed by atoms with Crippen molar-refractivity contribution in [3.63, 3.8) is 0 Å². The highest BCUT2D eigenvalue weighted by Crippen LogP contribution is 2.17. The molecule has 1 aromatic carbocycles. The number of morpholine rings is 1. The second kappa shape index (κ2) is 5.27. The summed E-state index contributed by atoms with van der Waals surface area (Å²) in [5, 5.41) is 0. The zero-order chi connectivity index (χ0) is 14.0. The average Bonchev–Trinajstić information content (AvgIpc) is 2.38. The van der Waals surface area contributed by atoms with E-state index in [-0.39, 0.29) is 12.5 Å². The molecule has 1 atom stereocenters. The van der Waals surface area contributed by atoms with Gasteiger partial charge in [-0.05, 0) is 30.7 Å². The van der Waals surface area contributed by atoms with Crippen molar-refractivity contribution in [1.29, 1.82) is 0 Å². The van der Waals surface area contributed by atoms with E-state index >= 15 is 0 Å². The van der Waals surface area contributed by atoms with Gasteiger partial charge in [0.15, 0.2) is 0 Å². The molecule has 19 heavy (non-hydrogen) atoms. The molecule has 0 spiro atoms. The van der Waals surface area contributed by atoms with Crippen LogP contribution in [0, 0.1) is 6.92 Å². The van der Waals surface area contributed by atoms with Crippen LogP contribution in [0.4, 0.5) is 5.69 Å². The van der Waals surface area contributed by atoms with Crippen molar-refractivity contribution >= 4 is 17.5 Å². The van der Waals surface area contributed by atoms with Crippen molar-refractivity contribution < 1.29 is 14.3 Å². The maximum atomic E-state index is 12.5. The van der Waals surface area contributed by atoms with Gasteiger partial charge in [-0.3, -0.25) is 9.59 Å². The third-order valence-electron chi connectivity index (χ3n) is 3.20. The second-order valence-corrected chi connectivity index (χ2v) is 4.57. The Hall–Kier alpha value is -2.08. The number of aryl methyl sites for hydroxylation is 1. The van der Waals surface area contributed by atoms with Crippen LogP contribution in [-0.2, 0) is 9.53 Å². The van der Waals surface area contributed by atoms with Crippen LogP contribution < -0.4 is 11.5 Å². The number of rotatable bonds is 2. The van der Waals surface area contributed by atoms with E-state index < -0.39 is 11.9 Å². The number of nitrogen functional groups attached to an aromatic ring is 1. The number of primary amides is 1. The number of anilines is 1. The first kappa shape index (κ1) is 13.4. The van der Waals surface area contributed by atoms with Gasteiger partial charge >= 0.3 is 0 Å². The quantitative estimate of drug-likeness (QED) is 0.728. The minimum Gasteiger partial charge on any atom is -0.399 e. The summed E-state index contributed by atoms with van der Waals surface area (Å²) < 4.78 is 5.19. The molecule has 102 valence electrons. The molecular weight excluding hydrogens is 246 g/mol. The highest BCUT2D eigenvalue weighted by atomic mass is 16.5. The number of nitrogens with zero attached hydrogens (tertiary/aromatic N) is 1. The van der Waals surface area contributed by atoms with Crippen LogP contribution in [0.15, 0.2) is 18.2 Å². The number of amides is 2. The van der Waals surface area contributed by atoms with Crippen LogP contribution in [-0.4, -0.2) is 42.5 Å². The zero-order valence-electron chi connectivity index (χ0n) is 10.8. The van der Waals surface area contributed by atoms with Gasteiger partial charge in [-0.1, -0.05) is 0 Å². The van der Waals surface area contributed by atoms with Crippen LogP contribution in [0.2, 0.25) is 0 Å². The Bertz CT molecular complexity index is 516. The molecule has 1 aliphatic rings. The average molecular weight is 263 g/mol. The van der Waals surface area contributed by atoms with E-state index in [0.717, 1.165) is 5.56 Å². The molecule has 1 fully saturated rings. The molecule has 0 saturated carbocycles. The Morgan fingerprint density at radius 3 is 2.79 bits per heavy atom. The number of hydrogen-bond acceptors (Lipinski definition) is 4. The summed E-state index contributed by atoms with van der Waals surface area (Å²) in [6.45, 7) is 2.72. The Balaban J connectivity index is 2.28. The van der Waals surface area contributed by atoms with Crippen molar-refractivity contribution in [2.24, 2.45) is 5.73 Å². The van der Waals surface area contributed by atoms with E-state index in [1.165, 1.54) is 4.90 Å². The molecule has 1 aromatic rings. The van der Waals surface area contributed by atoms with Crippen molar-refractivity contribution in [1.82, 2.24) is 4.90 Å². The molecule has 0 bridgehead atoms. The summed E-state index contributed by atoms with van der Waals surface area (Å²) in [6, 6.07) is 4.35. The van der Waals surface area contributed by atoms with Crippen LogP contribution in [0.1, 0.15) is 15.9 Å². The standard InChI is InChI=1S/C13H17N3O3/c1-8-6-9(14)2-3-10(8)13(18)16-4-5-19-7-11(16)12(15)17/h2-3,6,11H,4-5,7,14H2,1H3,(H2,15,17). The first-order valence-corrected chi connectivity index (χ1v) is 6.05. The van der Waals surface area contributed by atoms with Crippen LogP contribution in [0.5, 0.6) is 0 Å². The fourth-order valence-corrected chi connectivity index (χ4v) is 2.16. The summed E-state index contributed by atoms with van der Waals surface area (Å²) in [7, 11) is 0. The van der Waals surface area contributed by atoms with Gasteiger partial charge < -0.3 is 21.1 Å². The predicted molar refractivity (Wildman–Crippen MR) is 70.4 cm³/mol. The second-order valence-electron chi connectivity index (χ2n) is 4.57. The molecule has 6 nitrogen and oxygen atoms in total. The number of benzene rings is 1. The predicted octanol–water partition coefficient (Wildman–Crippen LogP) is -0.0965. The molecule has 6 heteroatoms. The van der Waals surface area contributed by atoms with Gasteiger partial charge in [-0.2, -0.15) is 0 Å². The minimum absolute atomic E-state index is 0.148. The van der Waals surface area contributed by atoms with E-state index in [2.05, 4.69) is 0 Å². The summed E-state index contributed by atoms with van der Waals surface area (Å²) in [5.74, 6) is -0.772. The van der Waals surface area contributed by atoms with Crippen LogP contribution in [0.3, 0.4) is 0 Å². The molecule has 1 heterocycles. The summed E-state index contributed by atoms with van der Waals surface area (Å²) in [5.41, 5.74) is 12.9. The number of ether oxygens (including phenoxy) is 1. The van der Waals surface area contributed by atoms with E-state index in [1.807, 2.05) is 6.92 Å². The van der Waals surface area contributed by atoms with Gasteiger partial charge in [-0.15, -0.1) is 0 Å². The lowest BCUT2D eigenvalue weighted by Crippen LogP contribution is -2.54. The van der Waals surface area contributed by atoms with Gasteiger partial charge in [0.05, 0.1) is 13.2 Å². The smallest absolute Gasteiger partial charge is 0.254 e. The maximum absolute atomic E-state index is 12.5. The molecule has 1 aliphatic heterocycles. The van der Waals surface area contributed by atoms with E-state index in [1.54, 1.807) is 18.2 Å². The third-order valence-corrected chi connectivity index (χ3v) is 3.20. The fraction of sp³-hybridized carbons (Fsp3) is 0.385. The number of hydrogen-bond donors (Lipinski definition) is 2. The summed E-state index contributed by atoms with van der Waals surface area (Å²) in [4.78, 5) is 25.3. The van der Waals surface area contributed by atoms with Crippen molar-refractivity contribution in [2.45, 2.75) is 13.0 Å². The molecule has 4 N–H and O–H groups in total. The largest absolute Gasteiger partial charge is 0.399 e. The molecular formula is C13H17N3O3. The number of carbonyl (C=O) groups excluding carboxylic acids is 2. The fourth-order valence-electron chi connectivity index (χ4n) is 2.16. The number of carbonyl (C=O) groups is 2. The normalized spacial score (nSPS) is 19.2. The van der Waals surface area contributed by atoms with E-state index in [4.69, 9.17) is 16.2 Å². The Morgan fingerprint density at radius 1 is 1.42 bits per heavy atom. The van der Waals surface area contributed by atoms with Gasteiger partial charge in [-0.25, -0.2) is 0 Å². The molecule has 1 saturated heterocycles. The van der Waals surface area contributed by atoms with Crippen LogP contribution >= 0.6 is 0 Å². The molecule has 0 radical (unpaired) electrons. The van der Waals surface area contributed by atoms with Crippen LogP contribution in [0.25, 0.3) is 0 Å². The van der Waals surface area contributed by atoms with Gasteiger partial charge in [0.1, 0.15) is 6.04 Å². The highest BCUT2D eigenvalue weighted by Gasteiger charge is 2.32. The molecule has 0 aromatic heterocycles. The Labute approximate surface area is 111 Å². The topological polar surface area (TPSA) is 98.7 Å². The Kier molecular flexibility index (Phi) is 3.71. The molecule has 0 aliphatic carbocycles. The summed E-state index contributed by atoms with van der Waals surface area (Å²) >= 11 is 0. The first-order valence-electron chi connectivity index (χ1n) is 6.05. The monoisotopic (exact) mass is 263 g/mol. The van der Waals surface area contributed by atoms with E-state index in [9.17, 15) is 9.59 Å². The lowest BCUT2D eigenvalue weighted by molar-refractivity contribution is -0.127. The Morgan fingerprint density at radius 2 is 2.16 bits per heavy atom. The van der Waals surface area contributed by atoms with E-state index in [0.29, 0.717) is 24.4 Å². The minimum atomic E-state index is -0.710. The van der Waals surface area contributed by atoms with Crippen molar-refractivity contribution in [3.8, 4) is 0 Å². The van der Waals surface area contributed by atoms with Crippen molar-refractivity contribution in [3.05, 3.63) is 29.3 Å². The van der Waals surface area contributed by atoms with Gasteiger partial charge in [0.25, 0.3) is 5.91 Å². The highest BCUT2D eigenvalue weighted by molar-refractivity contribution is 5.98. The van der Waals surface area contributed by atoms with Crippen molar-refractivity contribution in [2.75, 3.05) is 25.5 Å². The third kappa shape index (κ3) is 2.68. The lowest BCUT2D eigenvalue weighted by atomic mass is 10.1. The number of nitrogens with two attached hydrogens (primary N) is 2. The maximum Gasteiger partial charge on any atom is 0.254 e.